The van der Waals surface area contributed by atoms with Crippen LogP contribution in [0.25, 0.3) is 22.0 Å². The quantitative estimate of drug-likeness (QED) is 0.309. The number of carbonyl (C=O) groups excluding carboxylic acids is 1. The summed E-state index contributed by atoms with van der Waals surface area (Å²) in [6, 6.07) is 12.3. The van der Waals surface area contributed by atoms with Gasteiger partial charge in [0.2, 0.25) is 11.8 Å². The van der Waals surface area contributed by atoms with E-state index in [0.717, 1.165) is 74.8 Å². The first-order valence-corrected chi connectivity index (χ1v) is 16.7. The molecule has 1 amide bonds. The summed E-state index contributed by atoms with van der Waals surface area (Å²) in [5.41, 5.74) is 6.33. The molecule has 4 aliphatic heterocycles. The van der Waals surface area contributed by atoms with Crippen molar-refractivity contribution in [3.8, 4) is 23.1 Å². The fourth-order valence-electron chi connectivity index (χ4n) is 9.14. The molecule has 232 valence electrons. The van der Waals surface area contributed by atoms with Crippen molar-refractivity contribution in [1.29, 1.82) is 5.26 Å². The normalized spacial score (nSPS) is 23.3. The molecule has 0 bridgehead atoms. The Morgan fingerprint density at radius 2 is 1.93 bits per heavy atom. The molecule has 2 aromatic carbocycles. The van der Waals surface area contributed by atoms with Gasteiger partial charge in [-0.3, -0.25) is 9.69 Å². The van der Waals surface area contributed by atoms with Gasteiger partial charge in [-0.2, -0.15) is 5.26 Å². The van der Waals surface area contributed by atoms with Crippen LogP contribution in [-0.4, -0.2) is 71.1 Å². The fourth-order valence-corrected chi connectivity index (χ4v) is 9.14. The van der Waals surface area contributed by atoms with E-state index in [1.165, 1.54) is 30.0 Å². The Morgan fingerprint density at radius 3 is 2.73 bits per heavy atom. The number of ether oxygens (including phenoxy) is 1. The third kappa shape index (κ3) is 4.53. The lowest BCUT2D eigenvalue weighted by Gasteiger charge is -2.49. The van der Waals surface area contributed by atoms with Crippen molar-refractivity contribution in [3.05, 3.63) is 65.5 Å². The molecular formula is C37H40FN5O2. The van der Waals surface area contributed by atoms with Gasteiger partial charge in [0.05, 0.1) is 46.9 Å². The Bertz CT molecular complexity index is 1740. The maximum absolute atomic E-state index is 16.3. The Kier molecular flexibility index (Phi) is 7.05. The summed E-state index contributed by atoms with van der Waals surface area (Å²) >= 11 is 0. The molecular weight excluding hydrogens is 565 g/mol. The number of amides is 1. The van der Waals surface area contributed by atoms with E-state index in [0.29, 0.717) is 42.0 Å². The number of carbonyl (C=O) groups is 1. The van der Waals surface area contributed by atoms with Gasteiger partial charge in [-0.15, -0.1) is 0 Å². The zero-order chi connectivity index (χ0) is 30.7. The van der Waals surface area contributed by atoms with Gasteiger partial charge in [-0.05, 0) is 106 Å². The van der Waals surface area contributed by atoms with E-state index in [1.54, 1.807) is 6.07 Å². The fraction of sp³-hybridized carbons (Fsp3) is 0.486. The first-order valence-electron chi connectivity index (χ1n) is 16.7. The zero-order valence-electron chi connectivity index (χ0n) is 25.9. The van der Waals surface area contributed by atoms with Gasteiger partial charge in [0, 0.05) is 24.0 Å². The van der Waals surface area contributed by atoms with Gasteiger partial charge in [-0.1, -0.05) is 24.8 Å². The first-order chi connectivity index (χ1) is 22.0. The average Bonchev–Trinajstić information content (AvgIpc) is 3.73. The number of pyridine rings is 1. The molecule has 45 heavy (non-hydrogen) atoms. The molecule has 3 aromatic rings. The number of rotatable bonds is 7. The van der Waals surface area contributed by atoms with Crippen LogP contribution in [0.4, 0.5) is 10.1 Å². The van der Waals surface area contributed by atoms with Gasteiger partial charge in [0.15, 0.2) is 0 Å². The van der Waals surface area contributed by atoms with Gasteiger partial charge in [-0.25, -0.2) is 9.37 Å². The number of fused-ring (bicyclic) bond motifs is 4. The van der Waals surface area contributed by atoms with Crippen LogP contribution >= 0.6 is 0 Å². The molecule has 0 saturated carbocycles. The molecule has 0 radical (unpaired) electrons. The number of aryl methyl sites for hydroxylation is 1. The van der Waals surface area contributed by atoms with Crippen LogP contribution in [0.15, 0.2) is 43.0 Å². The molecule has 8 rings (SSSR count). The summed E-state index contributed by atoms with van der Waals surface area (Å²) in [5, 5.41) is 10.7. The molecule has 0 N–H and O–H groups in total. The van der Waals surface area contributed by atoms with Crippen molar-refractivity contribution in [1.82, 2.24) is 14.8 Å². The lowest BCUT2D eigenvalue weighted by atomic mass is 9.85. The van der Waals surface area contributed by atoms with Crippen LogP contribution in [0.3, 0.4) is 0 Å². The van der Waals surface area contributed by atoms with Crippen molar-refractivity contribution < 1.29 is 13.9 Å². The van der Waals surface area contributed by atoms with E-state index >= 15 is 4.39 Å². The van der Waals surface area contributed by atoms with Crippen molar-refractivity contribution >= 4 is 22.5 Å². The minimum absolute atomic E-state index is 0.0244. The second kappa shape index (κ2) is 11.1. The number of anilines is 1. The monoisotopic (exact) mass is 605 g/mol. The van der Waals surface area contributed by atoms with E-state index in [-0.39, 0.29) is 35.8 Å². The summed E-state index contributed by atoms with van der Waals surface area (Å²) in [6.07, 6.45) is 11.1. The van der Waals surface area contributed by atoms with Crippen LogP contribution < -0.4 is 9.64 Å². The zero-order valence-corrected chi connectivity index (χ0v) is 25.9. The summed E-state index contributed by atoms with van der Waals surface area (Å²) in [4.78, 5) is 24.4. The summed E-state index contributed by atoms with van der Waals surface area (Å²) in [5.74, 6) is 0.154. The van der Waals surface area contributed by atoms with Gasteiger partial charge >= 0.3 is 0 Å². The molecule has 0 unspecified atom stereocenters. The van der Waals surface area contributed by atoms with E-state index in [4.69, 9.17) is 9.72 Å². The molecule has 5 aliphatic rings. The molecule has 2 atom stereocenters. The average molecular weight is 606 g/mol. The number of halogens is 1. The Labute approximate surface area is 264 Å². The molecule has 5 heterocycles. The second-order valence-corrected chi connectivity index (χ2v) is 13.6. The number of hydrogen-bond donors (Lipinski definition) is 0. The second-order valence-electron chi connectivity index (χ2n) is 13.6. The predicted molar refractivity (Wildman–Crippen MR) is 173 cm³/mol. The highest BCUT2D eigenvalue weighted by atomic mass is 19.1. The standard InChI is InChI=1S/C37H40FN5O2/c1-2-34(44)42-19-13-32-33(42)22-43(32)35-27(12-16-39)36(45-23-37-14-6-17-41(37)18-7-15-37)40-31-21-28(30(38)20-29(31)35)26-11-5-9-24-8-3-4-10-25(24)26/h2,5,9,11,20-21,32-33H,1,3-4,6-8,10,12-15,17-19,22-23H2/t32-,33-/m1/s1. The van der Waals surface area contributed by atoms with Crippen molar-refractivity contribution in [3.63, 3.8) is 0 Å². The predicted octanol–water partition coefficient (Wildman–Crippen LogP) is 5.97. The number of likely N-dealkylation sites (tertiary alicyclic amines) is 1. The number of nitrogens with zero attached hydrogens (tertiary/aromatic N) is 5. The highest BCUT2D eigenvalue weighted by Crippen LogP contribution is 2.46. The lowest BCUT2D eigenvalue weighted by molar-refractivity contribution is -0.127. The number of nitriles is 1. The van der Waals surface area contributed by atoms with E-state index < -0.39 is 0 Å². The minimum Gasteiger partial charge on any atom is -0.475 e. The molecule has 8 heteroatoms. The van der Waals surface area contributed by atoms with Gasteiger partial charge < -0.3 is 14.5 Å². The molecule has 0 spiro atoms. The van der Waals surface area contributed by atoms with Crippen LogP contribution in [0.2, 0.25) is 0 Å². The maximum atomic E-state index is 16.3. The Hall–Kier alpha value is -3.96. The number of hydrogen-bond acceptors (Lipinski definition) is 6. The summed E-state index contributed by atoms with van der Waals surface area (Å²) in [7, 11) is 0. The van der Waals surface area contributed by atoms with Crippen LogP contribution in [0.5, 0.6) is 5.88 Å². The first kappa shape index (κ1) is 28.5. The molecule has 7 nitrogen and oxygen atoms in total. The van der Waals surface area contributed by atoms with Gasteiger partial charge in [0.1, 0.15) is 12.4 Å². The van der Waals surface area contributed by atoms with E-state index in [9.17, 15) is 10.1 Å². The van der Waals surface area contributed by atoms with E-state index in [1.807, 2.05) is 23.1 Å². The van der Waals surface area contributed by atoms with Crippen molar-refractivity contribution in [2.45, 2.75) is 81.8 Å². The topological polar surface area (TPSA) is 72.7 Å². The minimum atomic E-state index is -0.278. The Balaban J connectivity index is 1.26. The summed E-state index contributed by atoms with van der Waals surface area (Å²) in [6.45, 7) is 7.71. The smallest absolute Gasteiger partial charge is 0.246 e. The molecule has 1 aromatic heterocycles. The van der Waals surface area contributed by atoms with Crippen molar-refractivity contribution in [2.24, 2.45) is 0 Å². The van der Waals surface area contributed by atoms with Gasteiger partial charge in [0.25, 0.3) is 0 Å². The number of benzene rings is 2. The molecule has 4 fully saturated rings. The molecule has 1 aliphatic carbocycles. The van der Waals surface area contributed by atoms with E-state index in [2.05, 4.69) is 28.5 Å². The number of aromatic nitrogens is 1. The van der Waals surface area contributed by atoms with Crippen LogP contribution in [0.1, 0.15) is 61.6 Å². The lowest BCUT2D eigenvalue weighted by Crippen LogP contribution is -2.63. The highest BCUT2D eigenvalue weighted by Gasteiger charge is 2.50. The van der Waals surface area contributed by atoms with Crippen molar-refractivity contribution in [2.75, 3.05) is 37.7 Å². The summed E-state index contributed by atoms with van der Waals surface area (Å²) < 4.78 is 23.0. The molecule has 4 saturated heterocycles. The third-order valence-electron chi connectivity index (χ3n) is 11.4. The SMILES string of the molecule is C=CC(=O)N1CC[C@@H]2[C@H]1CN2c1c(CC#N)c(OCC23CCCN2CCC3)nc2cc(-c3cccc4c3CCCC4)c(F)cc12. The maximum Gasteiger partial charge on any atom is 0.246 e. The third-order valence-corrected chi connectivity index (χ3v) is 11.4. The van der Waals surface area contributed by atoms with Crippen LogP contribution in [0, 0.1) is 17.1 Å². The largest absolute Gasteiger partial charge is 0.475 e. The Morgan fingerprint density at radius 1 is 1.11 bits per heavy atom. The highest BCUT2D eigenvalue weighted by molar-refractivity contribution is 5.98. The van der Waals surface area contributed by atoms with Crippen LogP contribution in [-0.2, 0) is 24.1 Å².